The molecular formula is C30H32N4O5S. The summed E-state index contributed by atoms with van der Waals surface area (Å²) in [6, 6.07) is 15.9. The van der Waals surface area contributed by atoms with Gasteiger partial charge in [0.25, 0.3) is 10.1 Å². The topological polar surface area (TPSA) is 124 Å². The van der Waals surface area contributed by atoms with E-state index in [2.05, 4.69) is 40.5 Å². The Morgan fingerprint density at radius 2 is 1.70 bits per heavy atom. The number of ether oxygens (including phenoxy) is 1. The van der Waals surface area contributed by atoms with Gasteiger partial charge in [-0.2, -0.15) is 8.42 Å². The molecule has 0 bridgehead atoms. The van der Waals surface area contributed by atoms with Crippen LogP contribution in [0.25, 0.3) is 5.69 Å². The van der Waals surface area contributed by atoms with Crippen molar-refractivity contribution < 1.29 is 22.5 Å². The van der Waals surface area contributed by atoms with Gasteiger partial charge in [-0.15, -0.1) is 0 Å². The summed E-state index contributed by atoms with van der Waals surface area (Å²) in [7, 11) is -2.61. The van der Waals surface area contributed by atoms with E-state index in [-0.39, 0.29) is 23.3 Å². The predicted octanol–water partition coefficient (Wildman–Crippen LogP) is 5.28. The first kappa shape index (κ1) is 28.8. The van der Waals surface area contributed by atoms with Crippen molar-refractivity contribution in [3.63, 3.8) is 0 Å². The molecule has 208 valence electrons. The van der Waals surface area contributed by atoms with Crippen LogP contribution in [0.5, 0.6) is 0 Å². The van der Waals surface area contributed by atoms with Gasteiger partial charge in [0.15, 0.2) is 0 Å². The van der Waals surface area contributed by atoms with Crippen LogP contribution in [0.3, 0.4) is 0 Å². The molecule has 0 unspecified atom stereocenters. The van der Waals surface area contributed by atoms with Gasteiger partial charge in [0.05, 0.1) is 29.1 Å². The molecule has 0 aliphatic carbocycles. The summed E-state index contributed by atoms with van der Waals surface area (Å²) in [5.41, 5.74) is 8.09. The van der Waals surface area contributed by atoms with E-state index in [1.54, 1.807) is 18.3 Å². The smallest absolute Gasteiger partial charge is 0.305 e. The Bertz CT molecular complexity index is 1660. The summed E-state index contributed by atoms with van der Waals surface area (Å²) < 4.78 is 36.6. The van der Waals surface area contributed by atoms with Crippen LogP contribution in [-0.4, -0.2) is 46.3 Å². The van der Waals surface area contributed by atoms with Crippen LogP contribution < -0.4 is 0 Å². The molecule has 0 spiro atoms. The van der Waals surface area contributed by atoms with Gasteiger partial charge in [0.2, 0.25) is 0 Å². The number of carbonyl (C=O) groups excluding carboxylic acids is 1. The van der Waals surface area contributed by atoms with Crippen molar-refractivity contribution in [2.75, 3.05) is 7.11 Å². The van der Waals surface area contributed by atoms with E-state index in [0.717, 1.165) is 39.7 Å². The summed E-state index contributed by atoms with van der Waals surface area (Å²) in [6.07, 6.45) is 4.43. The minimum Gasteiger partial charge on any atom is -0.469 e. The number of esters is 1. The number of fused-ring (bicyclic) bond motifs is 3. The van der Waals surface area contributed by atoms with E-state index in [1.165, 1.54) is 30.4 Å². The summed E-state index contributed by atoms with van der Waals surface area (Å²) in [5, 5.41) is 0. The van der Waals surface area contributed by atoms with Gasteiger partial charge in [-0.3, -0.25) is 23.9 Å². The Kier molecular flexibility index (Phi) is 8.61. The zero-order valence-electron chi connectivity index (χ0n) is 23.1. The van der Waals surface area contributed by atoms with Crippen molar-refractivity contribution in [3.8, 4) is 5.69 Å². The molecule has 1 N–H and O–H groups in total. The minimum atomic E-state index is -4.02. The lowest BCUT2D eigenvalue weighted by molar-refractivity contribution is -0.140. The van der Waals surface area contributed by atoms with Crippen LogP contribution in [0.4, 0.5) is 0 Å². The van der Waals surface area contributed by atoms with E-state index in [1.807, 2.05) is 38.2 Å². The molecule has 1 aliphatic heterocycles. The molecule has 40 heavy (non-hydrogen) atoms. The van der Waals surface area contributed by atoms with Gasteiger partial charge in [0, 0.05) is 30.1 Å². The predicted molar refractivity (Wildman–Crippen MR) is 153 cm³/mol. The van der Waals surface area contributed by atoms with Crippen LogP contribution in [0, 0.1) is 27.7 Å². The number of imidazole rings is 1. The van der Waals surface area contributed by atoms with E-state index < -0.39 is 10.1 Å². The lowest BCUT2D eigenvalue weighted by Crippen LogP contribution is -2.10. The number of rotatable bonds is 5. The molecule has 0 saturated heterocycles. The molecule has 3 heterocycles. The second-order valence-corrected chi connectivity index (χ2v) is 11.1. The van der Waals surface area contributed by atoms with Gasteiger partial charge in [-0.05, 0) is 81.6 Å². The van der Waals surface area contributed by atoms with Crippen molar-refractivity contribution in [3.05, 3.63) is 106 Å². The molecule has 2 aromatic heterocycles. The van der Waals surface area contributed by atoms with E-state index in [0.29, 0.717) is 6.42 Å². The number of aliphatic imine (C=N–C) groups is 1. The van der Waals surface area contributed by atoms with Crippen molar-refractivity contribution in [1.82, 2.24) is 14.5 Å². The highest BCUT2D eigenvalue weighted by atomic mass is 32.2. The van der Waals surface area contributed by atoms with Crippen LogP contribution in [0.15, 0.2) is 76.9 Å². The van der Waals surface area contributed by atoms with Gasteiger partial charge in [-0.25, -0.2) is 4.98 Å². The second-order valence-electron chi connectivity index (χ2n) is 9.66. The van der Waals surface area contributed by atoms with Crippen LogP contribution in [0.1, 0.15) is 58.3 Å². The van der Waals surface area contributed by atoms with Crippen LogP contribution in [0.2, 0.25) is 0 Å². The maximum atomic E-state index is 11.8. The number of hydrogen-bond donors (Lipinski definition) is 1. The molecule has 0 fully saturated rings. The number of methoxy groups -OCH3 is 1. The van der Waals surface area contributed by atoms with Crippen molar-refractivity contribution >= 4 is 21.8 Å². The Hall–Kier alpha value is -4.15. The quantitative estimate of drug-likeness (QED) is 0.260. The maximum Gasteiger partial charge on any atom is 0.305 e. The van der Waals surface area contributed by atoms with Gasteiger partial charge in [0.1, 0.15) is 11.9 Å². The molecular weight excluding hydrogens is 528 g/mol. The minimum absolute atomic E-state index is 0.0666. The lowest BCUT2D eigenvalue weighted by atomic mass is 9.98. The third-order valence-electron chi connectivity index (χ3n) is 6.73. The average Bonchev–Trinajstić information content (AvgIpc) is 3.25. The fourth-order valence-electron chi connectivity index (χ4n) is 4.43. The molecule has 1 aliphatic rings. The fraction of sp³-hybridized carbons (Fsp3) is 0.267. The van der Waals surface area contributed by atoms with Crippen LogP contribution in [-0.2, 0) is 19.6 Å². The standard InChI is InChI=1S/C23H24N4O2.C7H8O3S/c1-14-11-17-20(12-15(14)2)27-16(3)13-25-23(27)19(8-9-21(28)29-4)26-22(17)18-7-5-6-10-24-18;1-6-2-4-7(5-3-6)11(8,9)10/h5-7,10-13,19H,8-9H2,1-4H3;2-5H,1H3,(H,8,9,10)/t19-;/m0./s1. The molecule has 0 saturated carbocycles. The third-order valence-corrected chi connectivity index (χ3v) is 7.60. The highest BCUT2D eigenvalue weighted by molar-refractivity contribution is 7.85. The fourth-order valence-corrected chi connectivity index (χ4v) is 4.91. The first-order valence-electron chi connectivity index (χ1n) is 12.8. The Labute approximate surface area is 234 Å². The first-order chi connectivity index (χ1) is 19.0. The monoisotopic (exact) mass is 560 g/mol. The van der Waals surface area contributed by atoms with Gasteiger partial charge < -0.3 is 4.74 Å². The number of carbonyl (C=O) groups is 1. The van der Waals surface area contributed by atoms with Crippen molar-refractivity contribution in [1.29, 1.82) is 0 Å². The average molecular weight is 561 g/mol. The van der Waals surface area contributed by atoms with E-state index in [4.69, 9.17) is 14.3 Å². The van der Waals surface area contributed by atoms with Crippen molar-refractivity contribution in [2.24, 2.45) is 4.99 Å². The lowest BCUT2D eigenvalue weighted by Gasteiger charge is -2.16. The molecule has 9 nitrogen and oxygen atoms in total. The number of aryl methyl sites for hydroxylation is 4. The molecule has 4 aromatic rings. The second kappa shape index (κ2) is 11.9. The number of aromatic nitrogens is 3. The Morgan fingerprint density at radius 3 is 2.33 bits per heavy atom. The summed E-state index contributed by atoms with van der Waals surface area (Å²) in [5.74, 6) is 0.588. The largest absolute Gasteiger partial charge is 0.469 e. The highest BCUT2D eigenvalue weighted by Crippen LogP contribution is 2.34. The zero-order valence-corrected chi connectivity index (χ0v) is 23.9. The van der Waals surface area contributed by atoms with Gasteiger partial charge in [-0.1, -0.05) is 23.8 Å². The summed E-state index contributed by atoms with van der Waals surface area (Å²) in [6.45, 7) is 8.10. The normalized spacial score (nSPS) is 14.2. The Morgan fingerprint density at radius 1 is 1.00 bits per heavy atom. The molecule has 5 rings (SSSR count). The molecule has 0 radical (unpaired) electrons. The molecule has 0 amide bonds. The zero-order chi connectivity index (χ0) is 29.0. The summed E-state index contributed by atoms with van der Waals surface area (Å²) >= 11 is 0. The molecule has 2 aromatic carbocycles. The molecule has 1 atom stereocenters. The van der Waals surface area contributed by atoms with Crippen LogP contribution >= 0.6 is 0 Å². The SMILES string of the molecule is COC(=O)CC[C@@H]1N=C(c2ccccn2)c2cc(C)c(C)cc2-n2c(C)cnc21.Cc1ccc(S(=O)(=O)O)cc1. The van der Waals surface area contributed by atoms with Gasteiger partial charge >= 0.3 is 5.97 Å². The summed E-state index contributed by atoms with van der Waals surface area (Å²) in [4.78, 5) is 26.0. The number of nitrogens with zero attached hydrogens (tertiary/aromatic N) is 4. The first-order valence-corrected chi connectivity index (χ1v) is 14.2. The highest BCUT2D eigenvalue weighted by Gasteiger charge is 2.28. The van der Waals surface area contributed by atoms with Crippen molar-refractivity contribution in [2.45, 2.75) is 51.5 Å². The number of pyridine rings is 1. The number of hydrogen-bond acceptors (Lipinski definition) is 7. The third kappa shape index (κ3) is 6.35. The van der Waals surface area contributed by atoms with E-state index in [9.17, 15) is 13.2 Å². The van der Waals surface area contributed by atoms with E-state index >= 15 is 0 Å². The maximum absolute atomic E-state index is 11.8. The number of benzene rings is 2. The molecule has 10 heteroatoms. The Balaban J connectivity index is 0.000000283.